The zero-order valence-corrected chi connectivity index (χ0v) is 8.35. The largest absolute Gasteiger partial charge is 0.760 e. The maximum Gasteiger partial charge on any atom is 0.0214 e. The minimum Gasteiger partial charge on any atom is -0.760 e. The normalized spacial score (nSPS) is 17.4. The fourth-order valence-electron chi connectivity index (χ4n) is 1.01. The van der Waals surface area contributed by atoms with Crippen LogP contribution in [0.15, 0.2) is 0 Å². The second-order valence-corrected chi connectivity index (χ2v) is 3.78. The molecule has 0 bridgehead atoms. The van der Waals surface area contributed by atoms with Gasteiger partial charge in [0.05, 0.1) is 0 Å². The van der Waals surface area contributed by atoms with Crippen LogP contribution in [0.25, 0.3) is 0 Å². The second kappa shape index (κ2) is 4.85. The van der Waals surface area contributed by atoms with Crippen molar-refractivity contribution >= 4 is 11.3 Å². The Balaban J connectivity index is 4.21. The van der Waals surface area contributed by atoms with Crippen molar-refractivity contribution in [1.29, 1.82) is 0 Å². The fraction of sp³-hybridized carbons (Fsp3) is 1.00. The topological polar surface area (TPSA) is 43.4 Å². The highest BCUT2D eigenvalue weighted by atomic mass is 32.2. The molecule has 11 heavy (non-hydrogen) atoms. The van der Waals surface area contributed by atoms with E-state index in [1.807, 2.05) is 27.7 Å². The molecule has 0 heterocycles. The molecule has 0 aliphatic carbocycles. The summed E-state index contributed by atoms with van der Waals surface area (Å²) in [5.41, 5.74) is 0. The maximum atomic E-state index is 10.7. The molecule has 0 saturated carbocycles. The first-order valence-corrected chi connectivity index (χ1v) is 4.91. The van der Waals surface area contributed by atoms with Gasteiger partial charge in [0.1, 0.15) is 0 Å². The molecular formula is C7H16NO2S-. The van der Waals surface area contributed by atoms with E-state index < -0.39 is 11.3 Å². The van der Waals surface area contributed by atoms with E-state index in [-0.39, 0.29) is 12.1 Å². The van der Waals surface area contributed by atoms with Crippen LogP contribution in [-0.4, -0.2) is 25.2 Å². The van der Waals surface area contributed by atoms with E-state index in [1.165, 1.54) is 4.31 Å². The Labute approximate surface area is 71.2 Å². The van der Waals surface area contributed by atoms with Gasteiger partial charge in [0, 0.05) is 23.4 Å². The number of nitrogens with zero attached hydrogens (tertiary/aromatic N) is 1. The van der Waals surface area contributed by atoms with Crippen molar-refractivity contribution in [2.75, 3.05) is 0 Å². The van der Waals surface area contributed by atoms with E-state index in [2.05, 4.69) is 0 Å². The average molecular weight is 178 g/mol. The quantitative estimate of drug-likeness (QED) is 0.609. The van der Waals surface area contributed by atoms with E-state index in [0.29, 0.717) is 0 Å². The molecule has 0 aliphatic heterocycles. The van der Waals surface area contributed by atoms with Crippen molar-refractivity contribution in [3.05, 3.63) is 0 Å². The van der Waals surface area contributed by atoms with Crippen LogP contribution in [0.5, 0.6) is 0 Å². The lowest BCUT2D eigenvalue weighted by molar-refractivity contribution is 0.272. The molecule has 0 aliphatic rings. The molecule has 4 heteroatoms. The molecule has 0 N–H and O–H groups in total. The van der Waals surface area contributed by atoms with Crippen LogP contribution in [0.2, 0.25) is 0 Å². The predicted octanol–water partition coefficient (Wildman–Crippen LogP) is 1.29. The van der Waals surface area contributed by atoms with Gasteiger partial charge in [0.2, 0.25) is 0 Å². The predicted molar refractivity (Wildman–Crippen MR) is 45.6 cm³/mol. The Hall–Kier alpha value is 0.0700. The highest BCUT2D eigenvalue weighted by molar-refractivity contribution is 7.76. The summed E-state index contributed by atoms with van der Waals surface area (Å²) < 4.78 is 22.8. The van der Waals surface area contributed by atoms with Crippen LogP contribution in [-0.2, 0) is 11.3 Å². The maximum absolute atomic E-state index is 10.7. The van der Waals surface area contributed by atoms with Crippen LogP contribution >= 0.6 is 0 Å². The summed E-state index contributed by atoms with van der Waals surface area (Å²) in [6.07, 6.45) is 0.853. The molecule has 0 amide bonds. The molecule has 2 atom stereocenters. The van der Waals surface area contributed by atoms with Gasteiger partial charge in [-0.1, -0.05) is 6.92 Å². The molecule has 0 rings (SSSR count). The Bertz CT molecular complexity index is 138. The van der Waals surface area contributed by atoms with E-state index in [9.17, 15) is 8.76 Å². The third-order valence-electron chi connectivity index (χ3n) is 1.71. The standard InChI is InChI=1S/C7H17NO2S/c1-5-7(4)8(6(2)3)11(9)10/h6-7H,5H2,1-4H3,(H,9,10)/p-1. The molecule has 0 saturated heterocycles. The molecule has 0 spiro atoms. The highest BCUT2D eigenvalue weighted by Crippen LogP contribution is 2.09. The Morgan fingerprint density at radius 3 is 2.00 bits per heavy atom. The zero-order valence-electron chi connectivity index (χ0n) is 7.53. The lowest BCUT2D eigenvalue weighted by Gasteiger charge is -2.33. The monoisotopic (exact) mass is 178 g/mol. The first kappa shape index (κ1) is 11.1. The van der Waals surface area contributed by atoms with E-state index >= 15 is 0 Å². The molecule has 3 nitrogen and oxygen atoms in total. The smallest absolute Gasteiger partial charge is 0.0214 e. The van der Waals surface area contributed by atoms with E-state index in [1.54, 1.807) is 0 Å². The molecule has 0 fully saturated rings. The van der Waals surface area contributed by atoms with Crippen molar-refractivity contribution in [3.8, 4) is 0 Å². The number of hydrogen-bond acceptors (Lipinski definition) is 2. The van der Waals surface area contributed by atoms with Gasteiger partial charge in [-0.05, 0) is 27.2 Å². The lowest BCUT2D eigenvalue weighted by Crippen LogP contribution is -2.39. The third-order valence-corrected chi connectivity index (χ3v) is 2.83. The van der Waals surface area contributed by atoms with E-state index in [4.69, 9.17) is 0 Å². The van der Waals surface area contributed by atoms with Crippen LogP contribution in [0.3, 0.4) is 0 Å². The Morgan fingerprint density at radius 2 is 1.91 bits per heavy atom. The lowest BCUT2D eigenvalue weighted by atomic mass is 10.2. The van der Waals surface area contributed by atoms with Crippen LogP contribution < -0.4 is 0 Å². The highest BCUT2D eigenvalue weighted by Gasteiger charge is 2.15. The first-order chi connectivity index (χ1) is 5.00. The first-order valence-electron chi connectivity index (χ1n) is 3.88. The Morgan fingerprint density at radius 1 is 1.45 bits per heavy atom. The third kappa shape index (κ3) is 3.31. The van der Waals surface area contributed by atoms with Gasteiger partial charge in [-0.15, -0.1) is 0 Å². The van der Waals surface area contributed by atoms with Crippen LogP contribution in [0.1, 0.15) is 34.1 Å². The Kier molecular flexibility index (Phi) is 4.88. The summed E-state index contributed by atoms with van der Waals surface area (Å²) >= 11 is -2.08. The van der Waals surface area contributed by atoms with Crippen molar-refractivity contribution in [3.63, 3.8) is 0 Å². The summed E-state index contributed by atoms with van der Waals surface area (Å²) in [5.74, 6) is 0. The van der Waals surface area contributed by atoms with Gasteiger partial charge in [0.15, 0.2) is 0 Å². The van der Waals surface area contributed by atoms with Gasteiger partial charge in [0.25, 0.3) is 0 Å². The number of rotatable bonds is 4. The van der Waals surface area contributed by atoms with Gasteiger partial charge in [-0.25, -0.2) is 4.31 Å². The van der Waals surface area contributed by atoms with Gasteiger partial charge in [-0.3, -0.25) is 4.21 Å². The van der Waals surface area contributed by atoms with Gasteiger partial charge in [-0.2, -0.15) is 0 Å². The SMILES string of the molecule is CCC(C)N(C(C)C)S(=O)[O-]. The minimum atomic E-state index is -2.08. The van der Waals surface area contributed by atoms with Crippen molar-refractivity contribution in [1.82, 2.24) is 4.31 Å². The molecule has 0 aromatic carbocycles. The van der Waals surface area contributed by atoms with Crippen molar-refractivity contribution < 1.29 is 8.76 Å². The molecule has 0 radical (unpaired) electrons. The molecule has 68 valence electrons. The van der Waals surface area contributed by atoms with Gasteiger partial charge < -0.3 is 4.55 Å². The molecular weight excluding hydrogens is 162 g/mol. The van der Waals surface area contributed by atoms with Crippen LogP contribution in [0.4, 0.5) is 0 Å². The van der Waals surface area contributed by atoms with Crippen molar-refractivity contribution in [2.24, 2.45) is 0 Å². The molecule has 0 aromatic heterocycles. The zero-order chi connectivity index (χ0) is 9.02. The molecule has 0 aromatic rings. The minimum absolute atomic E-state index is 0.0586. The van der Waals surface area contributed by atoms with Crippen molar-refractivity contribution in [2.45, 2.75) is 46.2 Å². The van der Waals surface area contributed by atoms with Crippen LogP contribution in [0, 0.1) is 0 Å². The summed E-state index contributed by atoms with van der Waals surface area (Å²) in [6.45, 7) is 7.65. The summed E-state index contributed by atoms with van der Waals surface area (Å²) in [6, 6.07) is 0.164. The summed E-state index contributed by atoms with van der Waals surface area (Å²) in [7, 11) is 0. The summed E-state index contributed by atoms with van der Waals surface area (Å²) in [4.78, 5) is 0. The second-order valence-electron chi connectivity index (χ2n) is 2.93. The average Bonchev–Trinajstić information content (AvgIpc) is 1.85. The number of hydrogen-bond donors (Lipinski definition) is 0. The molecule has 2 unspecified atom stereocenters. The fourth-order valence-corrected chi connectivity index (χ4v) is 1.80. The van der Waals surface area contributed by atoms with E-state index in [0.717, 1.165) is 6.42 Å². The van der Waals surface area contributed by atoms with Gasteiger partial charge >= 0.3 is 0 Å². The summed E-state index contributed by atoms with van der Waals surface area (Å²) in [5, 5.41) is 0.